The maximum atomic E-state index is 12.7. The largest absolute Gasteiger partial charge is 0.490 e. The maximum Gasteiger partial charge on any atom is 0.343 e. The number of nitrogens with zero attached hydrogens (tertiary/aromatic N) is 1. The summed E-state index contributed by atoms with van der Waals surface area (Å²) in [5.41, 5.74) is 2.74. The Labute approximate surface area is 231 Å². The molecule has 0 aromatic heterocycles. The zero-order chi connectivity index (χ0) is 28.6. The number of carbonyl (C=O) groups is 2. The third-order valence-corrected chi connectivity index (χ3v) is 6.24. The lowest BCUT2D eigenvalue weighted by molar-refractivity contribution is -0.154. The summed E-state index contributed by atoms with van der Waals surface area (Å²) in [6.45, 7) is 12.9. The van der Waals surface area contributed by atoms with Crippen molar-refractivity contribution in [1.29, 1.82) is 5.26 Å². The van der Waals surface area contributed by atoms with Crippen LogP contribution in [0.15, 0.2) is 72.8 Å². The number of rotatable bonds is 9. The lowest BCUT2D eigenvalue weighted by Gasteiger charge is -2.33. The average Bonchev–Trinajstić information content (AvgIpc) is 2.89. The summed E-state index contributed by atoms with van der Waals surface area (Å²) in [6, 6.07) is 23.2. The quantitative estimate of drug-likeness (QED) is 0.163. The molecular formula is C33H37NO5. The Kier molecular flexibility index (Phi) is 9.53. The minimum Gasteiger partial charge on any atom is -0.490 e. The zero-order valence-corrected chi connectivity index (χ0v) is 23.6. The molecule has 0 saturated carbocycles. The summed E-state index contributed by atoms with van der Waals surface area (Å²) in [6.07, 6.45) is 0.745. The molecule has 0 aliphatic rings. The fourth-order valence-electron chi connectivity index (χ4n) is 4.06. The highest BCUT2D eigenvalue weighted by atomic mass is 16.6. The van der Waals surface area contributed by atoms with Crippen LogP contribution in [0.1, 0.15) is 63.9 Å². The standard InChI is InChI=1S/C33H37NO5/c1-32(2,3)21-29(33(4,5)6)31(36)38-20-19-37-27-15-13-26(14-16-27)30(35)39-28-17-11-25(12-18-28)24-9-7-23(22-34)8-10-24/h7-18,29H,19-21H2,1-6H3. The van der Waals surface area contributed by atoms with E-state index in [9.17, 15) is 9.59 Å². The van der Waals surface area contributed by atoms with Gasteiger partial charge in [-0.2, -0.15) is 5.26 Å². The smallest absolute Gasteiger partial charge is 0.343 e. The molecule has 1 atom stereocenters. The van der Waals surface area contributed by atoms with E-state index in [-0.39, 0.29) is 35.9 Å². The number of benzene rings is 3. The molecule has 6 nitrogen and oxygen atoms in total. The average molecular weight is 528 g/mol. The van der Waals surface area contributed by atoms with Crippen molar-refractivity contribution in [2.24, 2.45) is 16.7 Å². The summed E-state index contributed by atoms with van der Waals surface area (Å²) in [7, 11) is 0. The van der Waals surface area contributed by atoms with Crippen LogP contribution >= 0.6 is 0 Å². The Morgan fingerprint density at radius 2 is 1.31 bits per heavy atom. The van der Waals surface area contributed by atoms with Gasteiger partial charge in [0, 0.05) is 0 Å². The monoisotopic (exact) mass is 527 g/mol. The van der Waals surface area contributed by atoms with E-state index in [1.54, 1.807) is 48.5 Å². The van der Waals surface area contributed by atoms with Crippen LogP contribution in [0.5, 0.6) is 11.5 Å². The summed E-state index contributed by atoms with van der Waals surface area (Å²) in [5.74, 6) is 0.115. The number of ether oxygens (including phenoxy) is 3. The van der Waals surface area contributed by atoms with Gasteiger partial charge in [-0.15, -0.1) is 0 Å². The van der Waals surface area contributed by atoms with Crippen molar-refractivity contribution in [1.82, 2.24) is 0 Å². The highest BCUT2D eigenvalue weighted by Gasteiger charge is 2.35. The number of hydrogen-bond donors (Lipinski definition) is 0. The van der Waals surface area contributed by atoms with Gasteiger partial charge in [-0.25, -0.2) is 4.79 Å². The van der Waals surface area contributed by atoms with Crippen LogP contribution < -0.4 is 9.47 Å². The van der Waals surface area contributed by atoms with Crippen molar-refractivity contribution in [2.45, 2.75) is 48.0 Å². The van der Waals surface area contributed by atoms with Crippen molar-refractivity contribution >= 4 is 11.9 Å². The van der Waals surface area contributed by atoms with Crippen molar-refractivity contribution in [3.63, 3.8) is 0 Å². The molecule has 39 heavy (non-hydrogen) atoms. The molecule has 3 aromatic rings. The molecule has 6 heteroatoms. The molecule has 0 saturated heterocycles. The molecule has 0 N–H and O–H groups in total. The van der Waals surface area contributed by atoms with Crippen LogP contribution in [-0.4, -0.2) is 25.2 Å². The van der Waals surface area contributed by atoms with E-state index < -0.39 is 5.97 Å². The van der Waals surface area contributed by atoms with Gasteiger partial charge in [0.25, 0.3) is 0 Å². The Morgan fingerprint density at radius 3 is 1.82 bits per heavy atom. The second-order valence-corrected chi connectivity index (χ2v) is 11.8. The van der Waals surface area contributed by atoms with E-state index in [4.69, 9.17) is 19.5 Å². The molecule has 1 unspecified atom stereocenters. The molecule has 3 aromatic carbocycles. The Hall–Kier alpha value is -4.11. The fourth-order valence-corrected chi connectivity index (χ4v) is 4.06. The lowest BCUT2D eigenvalue weighted by atomic mass is 9.72. The second kappa shape index (κ2) is 12.6. The van der Waals surface area contributed by atoms with Crippen LogP contribution in [0.25, 0.3) is 11.1 Å². The Morgan fingerprint density at radius 1 is 0.769 bits per heavy atom. The highest BCUT2D eigenvalue weighted by Crippen LogP contribution is 2.36. The van der Waals surface area contributed by atoms with Gasteiger partial charge >= 0.3 is 11.9 Å². The predicted octanol–water partition coefficient (Wildman–Crippen LogP) is 7.46. The first kappa shape index (κ1) is 29.4. The Balaban J connectivity index is 1.48. The maximum absolute atomic E-state index is 12.7. The van der Waals surface area contributed by atoms with Gasteiger partial charge in [0.05, 0.1) is 23.1 Å². The van der Waals surface area contributed by atoms with Crippen molar-refractivity contribution in [3.05, 3.63) is 83.9 Å². The van der Waals surface area contributed by atoms with E-state index in [0.717, 1.165) is 17.5 Å². The van der Waals surface area contributed by atoms with Gasteiger partial charge in [-0.1, -0.05) is 65.8 Å². The van der Waals surface area contributed by atoms with Crippen LogP contribution in [0.2, 0.25) is 0 Å². The van der Waals surface area contributed by atoms with E-state index in [0.29, 0.717) is 22.6 Å². The van der Waals surface area contributed by atoms with Crippen LogP contribution in [0, 0.1) is 28.1 Å². The van der Waals surface area contributed by atoms with Crippen LogP contribution in [0.4, 0.5) is 0 Å². The van der Waals surface area contributed by atoms with Gasteiger partial charge in [0.15, 0.2) is 0 Å². The predicted molar refractivity (Wildman–Crippen MR) is 151 cm³/mol. The molecule has 0 fully saturated rings. The molecular weight excluding hydrogens is 490 g/mol. The topological polar surface area (TPSA) is 85.6 Å². The van der Waals surface area contributed by atoms with Gasteiger partial charge in [0.1, 0.15) is 24.7 Å². The molecule has 0 aliphatic carbocycles. The molecule has 0 amide bonds. The SMILES string of the molecule is CC(C)(C)CC(C(=O)OCCOc1ccc(C(=O)Oc2ccc(-c3ccc(C#N)cc3)cc2)cc1)C(C)(C)C. The summed E-state index contributed by atoms with van der Waals surface area (Å²) >= 11 is 0. The van der Waals surface area contributed by atoms with Gasteiger partial charge in [-0.05, 0) is 76.9 Å². The number of hydrogen-bond acceptors (Lipinski definition) is 6. The first-order valence-electron chi connectivity index (χ1n) is 13.1. The summed E-state index contributed by atoms with van der Waals surface area (Å²) in [5, 5.41) is 8.94. The van der Waals surface area contributed by atoms with Crippen LogP contribution in [0.3, 0.4) is 0 Å². The number of esters is 2. The Bertz CT molecular complexity index is 1290. The summed E-state index contributed by atoms with van der Waals surface area (Å²) < 4.78 is 16.7. The molecule has 204 valence electrons. The number of carbonyl (C=O) groups excluding carboxylic acids is 2. The van der Waals surface area contributed by atoms with E-state index in [1.165, 1.54) is 0 Å². The molecule has 0 radical (unpaired) electrons. The minimum absolute atomic E-state index is 0.0198. The van der Waals surface area contributed by atoms with Gasteiger partial charge in [-0.3, -0.25) is 4.79 Å². The van der Waals surface area contributed by atoms with Crippen molar-refractivity contribution in [2.75, 3.05) is 13.2 Å². The van der Waals surface area contributed by atoms with E-state index in [1.807, 2.05) is 24.3 Å². The van der Waals surface area contributed by atoms with Crippen molar-refractivity contribution in [3.8, 4) is 28.7 Å². The second-order valence-electron chi connectivity index (χ2n) is 11.8. The molecule has 0 spiro atoms. The molecule has 0 heterocycles. The first-order chi connectivity index (χ1) is 18.4. The normalized spacial score (nSPS) is 12.2. The fraction of sp³-hybridized carbons (Fsp3) is 0.364. The lowest BCUT2D eigenvalue weighted by Crippen LogP contribution is -2.34. The highest BCUT2D eigenvalue weighted by molar-refractivity contribution is 5.91. The first-order valence-corrected chi connectivity index (χ1v) is 13.1. The van der Waals surface area contributed by atoms with Gasteiger partial charge < -0.3 is 14.2 Å². The minimum atomic E-state index is -0.478. The third-order valence-electron chi connectivity index (χ3n) is 6.24. The summed E-state index contributed by atoms with van der Waals surface area (Å²) in [4.78, 5) is 25.3. The van der Waals surface area contributed by atoms with Crippen molar-refractivity contribution < 1.29 is 23.8 Å². The molecule has 3 rings (SSSR count). The van der Waals surface area contributed by atoms with Gasteiger partial charge in [0.2, 0.25) is 0 Å². The van der Waals surface area contributed by atoms with E-state index in [2.05, 4.69) is 47.6 Å². The molecule has 0 bridgehead atoms. The third kappa shape index (κ3) is 9.00. The number of nitriles is 1. The van der Waals surface area contributed by atoms with Crippen LogP contribution in [-0.2, 0) is 9.53 Å². The zero-order valence-electron chi connectivity index (χ0n) is 23.6. The molecule has 0 aliphatic heterocycles. The van der Waals surface area contributed by atoms with E-state index >= 15 is 0 Å².